The molecule has 0 atom stereocenters. The van der Waals surface area contributed by atoms with Crippen molar-refractivity contribution in [2.75, 3.05) is 5.73 Å². The van der Waals surface area contributed by atoms with Gasteiger partial charge in [0, 0.05) is 22.3 Å². The summed E-state index contributed by atoms with van der Waals surface area (Å²) >= 11 is 0. The monoisotopic (exact) mass is 188 g/mol. The zero-order valence-corrected chi connectivity index (χ0v) is 8.67. The van der Waals surface area contributed by atoms with E-state index in [1.54, 1.807) is 0 Å². The molecule has 0 aliphatic carbocycles. The summed E-state index contributed by atoms with van der Waals surface area (Å²) in [7, 11) is 0. The second-order valence-electron chi connectivity index (χ2n) is 4.24. The van der Waals surface area contributed by atoms with Gasteiger partial charge in [0.2, 0.25) is 0 Å². The molecule has 1 aromatic carbocycles. The van der Waals surface area contributed by atoms with E-state index in [-0.39, 0.29) is 0 Å². The topological polar surface area (TPSA) is 41.8 Å². The lowest BCUT2D eigenvalue weighted by Crippen LogP contribution is -1.93. The quantitative estimate of drug-likeness (QED) is 0.699. The highest BCUT2D eigenvalue weighted by atomic mass is 14.7. The van der Waals surface area contributed by atoms with Crippen LogP contribution < -0.4 is 5.73 Å². The highest BCUT2D eigenvalue weighted by Crippen LogP contribution is 2.19. The molecule has 2 aromatic rings. The fourth-order valence-electron chi connectivity index (χ4n) is 1.76. The molecule has 2 heteroatoms. The third-order valence-electron chi connectivity index (χ3n) is 2.33. The first-order valence-electron chi connectivity index (χ1n) is 5.02. The first-order chi connectivity index (χ1) is 6.65. The molecule has 2 nitrogen and oxygen atoms in total. The third-order valence-corrected chi connectivity index (χ3v) is 2.33. The van der Waals surface area contributed by atoms with E-state index in [2.05, 4.69) is 24.9 Å². The Bertz CT molecular complexity index is 441. The Balaban J connectivity index is 2.41. The summed E-state index contributed by atoms with van der Waals surface area (Å²) < 4.78 is 0. The number of nitrogens with one attached hydrogen (secondary N) is 1. The number of hydrogen-bond donors (Lipinski definition) is 2. The first-order valence-corrected chi connectivity index (χ1v) is 5.02. The molecule has 0 aliphatic rings. The number of nitrogens with two attached hydrogens (primary N) is 1. The van der Waals surface area contributed by atoms with E-state index in [1.165, 1.54) is 16.6 Å². The van der Waals surface area contributed by atoms with Crippen LogP contribution >= 0.6 is 0 Å². The molecule has 1 heterocycles. The van der Waals surface area contributed by atoms with Crippen LogP contribution in [0, 0.1) is 5.92 Å². The summed E-state index contributed by atoms with van der Waals surface area (Å²) in [4.78, 5) is 3.40. The van der Waals surface area contributed by atoms with Crippen molar-refractivity contribution in [2.45, 2.75) is 20.3 Å². The summed E-state index contributed by atoms with van der Waals surface area (Å²) in [5.74, 6) is 0.681. The number of H-pyrrole nitrogens is 1. The standard InChI is InChI=1S/C12H16N2/c1-8(2)5-11-7-9-6-10(13)3-4-12(9)14-11/h3-4,6-8,14H,5,13H2,1-2H3. The van der Waals surface area contributed by atoms with Gasteiger partial charge in [-0.15, -0.1) is 0 Å². The van der Waals surface area contributed by atoms with E-state index >= 15 is 0 Å². The third kappa shape index (κ3) is 1.74. The summed E-state index contributed by atoms with van der Waals surface area (Å²) in [5, 5.41) is 1.21. The Labute approximate surface area is 84.1 Å². The zero-order valence-electron chi connectivity index (χ0n) is 8.67. The average molecular weight is 188 g/mol. The van der Waals surface area contributed by atoms with Crippen LogP contribution in [0.4, 0.5) is 5.69 Å². The van der Waals surface area contributed by atoms with Gasteiger partial charge in [0.05, 0.1) is 0 Å². The van der Waals surface area contributed by atoms with Crippen molar-refractivity contribution in [1.29, 1.82) is 0 Å². The van der Waals surface area contributed by atoms with Crippen molar-refractivity contribution in [1.82, 2.24) is 4.98 Å². The molecule has 2 rings (SSSR count). The van der Waals surface area contributed by atoms with E-state index in [9.17, 15) is 0 Å². The molecule has 0 amide bonds. The second-order valence-corrected chi connectivity index (χ2v) is 4.24. The fraction of sp³-hybridized carbons (Fsp3) is 0.333. The largest absolute Gasteiger partial charge is 0.399 e. The van der Waals surface area contributed by atoms with Gasteiger partial charge in [-0.3, -0.25) is 0 Å². The van der Waals surface area contributed by atoms with Crippen molar-refractivity contribution in [3.05, 3.63) is 30.0 Å². The molecular formula is C12H16N2. The zero-order chi connectivity index (χ0) is 10.1. The summed E-state index contributed by atoms with van der Waals surface area (Å²) in [5.41, 5.74) is 9.01. The fourth-order valence-corrected chi connectivity index (χ4v) is 1.76. The highest BCUT2D eigenvalue weighted by molar-refractivity contribution is 5.83. The lowest BCUT2D eigenvalue weighted by atomic mass is 10.1. The van der Waals surface area contributed by atoms with Crippen LogP contribution in [0.3, 0.4) is 0 Å². The molecule has 0 aliphatic heterocycles. The van der Waals surface area contributed by atoms with Gasteiger partial charge in [-0.1, -0.05) is 13.8 Å². The minimum absolute atomic E-state index is 0.681. The number of nitrogen functional groups attached to an aromatic ring is 1. The number of hydrogen-bond acceptors (Lipinski definition) is 1. The minimum atomic E-state index is 0.681. The molecule has 0 saturated carbocycles. The summed E-state index contributed by atoms with van der Waals surface area (Å²) in [6.07, 6.45) is 1.09. The van der Waals surface area contributed by atoms with Crippen LogP contribution in [0.25, 0.3) is 10.9 Å². The van der Waals surface area contributed by atoms with Gasteiger partial charge in [-0.25, -0.2) is 0 Å². The Morgan fingerprint density at radius 3 is 2.79 bits per heavy atom. The van der Waals surface area contributed by atoms with Crippen molar-refractivity contribution in [2.24, 2.45) is 5.92 Å². The second kappa shape index (κ2) is 3.37. The van der Waals surface area contributed by atoms with E-state index in [4.69, 9.17) is 5.73 Å². The predicted molar refractivity (Wildman–Crippen MR) is 61.3 cm³/mol. The van der Waals surface area contributed by atoms with Crippen LogP contribution in [0.15, 0.2) is 24.3 Å². The Hall–Kier alpha value is -1.44. The maximum atomic E-state index is 5.72. The van der Waals surface area contributed by atoms with E-state index in [0.717, 1.165) is 12.1 Å². The maximum Gasteiger partial charge on any atom is 0.0457 e. The normalized spacial score (nSPS) is 11.4. The molecule has 0 spiro atoms. The summed E-state index contributed by atoms with van der Waals surface area (Å²) in [6.45, 7) is 4.44. The van der Waals surface area contributed by atoms with Crippen LogP contribution in [0.5, 0.6) is 0 Å². The molecule has 0 saturated heterocycles. The van der Waals surface area contributed by atoms with Crippen LogP contribution in [-0.4, -0.2) is 4.98 Å². The SMILES string of the molecule is CC(C)Cc1cc2cc(N)ccc2[nH]1. The number of aromatic nitrogens is 1. The van der Waals surface area contributed by atoms with Gasteiger partial charge in [0.15, 0.2) is 0 Å². The lowest BCUT2D eigenvalue weighted by Gasteiger charge is -1.99. The molecule has 0 unspecified atom stereocenters. The van der Waals surface area contributed by atoms with Crippen LogP contribution in [0.2, 0.25) is 0 Å². The van der Waals surface area contributed by atoms with E-state index in [0.29, 0.717) is 5.92 Å². The van der Waals surface area contributed by atoms with Gasteiger partial charge in [-0.2, -0.15) is 0 Å². The van der Waals surface area contributed by atoms with Gasteiger partial charge in [0.25, 0.3) is 0 Å². The van der Waals surface area contributed by atoms with Crippen LogP contribution in [-0.2, 0) is 6.42 Å². The molecule has 14 heavy (non-hydrogen) atoms. The highest BCUT2D eigenvalue weighted by Gasteiger charge is 2.02. The molecular weight excluding hydrogens is 172 g/mol. The predicted octanol–water partition coefficient (Wildman–Crippen LogP) is 2.95. The lowest BCUT2D eigenvalue weighted by molar-refractivity contribution is 0.639. The van der Waals surface area contributed by atoms with Gasteiger partial charge >= 0.3 is 0 Å². The van der Waals surface area contributed by atoms with E-state index in [1.807, 2.05) is 18.2 Å². The van der Waals surface area contributed by atoms with Gasteiger partial charge in [-0.05, 0) is 36.6 Å². The molecule has 1 aromatic heterocycles. The smallest absolute Gasteiger partial charge is 0.0457 e. The van der Waals surface area contributed by atoms with Crippen molar-refractivity contribution in [3.63, 3.8) is 0 Å². The Morgan fingerprint density at radius 2 is 2.07 bits per heavy atom. The Kier molecular flexibility index (Phi) is 2.20. The number of aromatic amines is 1. The van der Waals surface area contributed by atoms with Gasteiger partial charge < -0.3 is 10.7 Å². The molecule has 0 bridgehead atoms. The number of rotatable bonds is 2. The first kappa shape index (κ1) is 9.13. The van der Waals surface area contributed by atoms with Crippen molar-refractivity contribution in [3.8, 4) is 0 Å². The van der Waals surface area contributed by atoms with Crippen molar-refractivity contribution >= 4 is 16.6 Å². The van der Waals surface area contributed by atoms with Crippen LogP contribution in [0.1, 0.15) is 19.5 Å². The Morgan fingerprint density at radius 1 is 1.29 bits per heavy atom. The van der Waals surface area contributed by atoms with Crippen molar-refractivity contribution < 1.29 is 0 Å². The van der Waals surface area contributed by atoms with E-state index < -0.39 is 0 Å². The number of benzene rings is 1. The summed E-state index contributed by atoms with van der Waals surface area (Å²) in [6, 6.07) is 8.16. The molecule has 0 fully saturated rings. The average Bonchev–Trinajstić information content (AvgIpc) is 2.44. The molecule has 3 N–H and O–H groups in total. The minimum Gasteiger partial charge on any atom is -0.399 e. The number of fused-ring (bicyclic) bond motifs is 1. The van der Waals surface area contributed by atoms with Gasteiger partial charge in [0.1, 0.15) is 0 Å². The maximum absolute atomic E-state index is 5.72. The molecule has 74 valence electrons. The molecule has 0 radical (unpaired) electrons. The number of anilines is 1.